The lowest BCUT2D eigenvalue weighted by Crippen LogP contribution is -2.13. The molecule has 0 fully saturated rings. The van der Waals surface area contributed by atoms with Gasteiger partial charge < -0.3 is 10.2 Å². The predicted octanol–water partition coefficient (Wildman–Crippen LogP) is 1.67. The van der Waals surface area contributed by atoms with Gasteiger partial charge in [0.25, 0.3) is 5.69 Å². The molecule has 1 atom stereocenters. The second kappa shape index (κ2) is 4.46. The van der Waals surface area contributed by atoms with Gasteiger partial charge in [-0.05, 0) is 12.5 Å². The molecule has 0 aliphatic carbocycles. The summed E-state index contributed by atoms with van der Waals surface area (Å²) in [6.45, 7) is 1.51. The number of carbonyl (C=O) groups is 1. The molecule has 1 unspecified atom stereocenters. The normalized spacial score (nSPS) is 12.2. The number of aliphatic hydroxyl groups excluding tert-OH is 1. The number of aryl methyl sites for hydroxylation is 1. The number of carboxylic acid groups (broad SMARTS) is 1. The van der Waals surface area contributed by atoms with Crippen LogP contribution in [0.5, 0.6) is 0 Å². The third kappa shape index (κ3) is 2.12. The minimum Gasteiger partial charge on any atom is -0.479 e. The standard InChI is InChI=1S/C9H8ClNO5/c1-4-2-3-5(11(15)16)7(10)6(4)8(12)9(13)14/h2-3,8,12H,1H3,(H,13,14). The molecule has 0 aliphatic rings. The van der Waals surface area contributed by atoms with Gasteiger partial charge in [0.2, 0.25) is 0 Å². The van der Waals surface area contributed by atoms with E-state index in [0.29, 0.717) is 5.56 Å². The number of benzene rings is 1. The first-order chi connectivity index (χ1) is 7.36. The van der Waals surface area contributed by atoms with E-state index in [9.17, 15) is 20.0 Å². The number of aliphatic hydroxyl groups is 1. The van der Waals surface area contributed by atoms with Crippen molar-refractivity contribution in [3.63, 3.8) is 0 Å². The largest absolute Gasteiger partial charge is 0.479 e. The molecule has 0 aromatic heterocycles. The molecule has 6 nitrogen and oxygen atoms in total. The first-order valence-corrected chi connectivity index (χ1v) is 4.58. The molecule has 0 aliphatic heterocycles. The summed E-state index contributed by atoms with van der Waals surface area (Å²) in [6, 6.07) is 2.50. The summed E-state index contributed by atoms with van der Waals surface area (Å²) in [6.07, 6.45) is -1.87. The molecule has 0 spiro atoms. The Morgan fingerprint density at radius 1 is 1.56 bits per heavy atom. The molecular formula is C9H8ClNO5. The Balaban J connectivity index is 3.43. The highest BCUT2D eigenvalue weighted by Crippen LogP contribution is 2.34. The molecule has 7 heteroatoms. The van der Waals surface area contributed by atoms with E-state index in [1.807, 2.05) is 0 Å². The lowest BCUT2D eigenvalue weighted by molar-refractivity contribution is -0.384. The molecule has 2 N–H and O–H groups in total. The van der Waals surface area contributed by atoms with Gasteiger partial charge in [-0.1, -0.05) is 17.7 Å². The number of aliphatic carboxylic acids is 1. The molecule has 0 bridgehead atoms. The van der Waals surface area contributed by atoms with Crippen LogP contribution in [0.4, 0.5) is 5.69 Å². The molecule has 86 valence electrons. The van der Waals surface area contributed by atoms with Gasteiger partial charge in [-0.2, -0.15) is 0 Å². The van der Waals surface area contributed by atoms with E-state index in [1.165, 1.54) is 13.0 Å². The fraction of sp³-hybridized carbons (Fsp3) is 0.222. The number of rotatable bonds is 3. The highest BCUT2D eigenvalue weighted by atomic mass is 35.5. The van der Waals surface area contributed by atoms with Crippen molar-refractivity contribution in [1.29, 1.82) is 0 Å². The molecular weight excluding hydrogens is 238 g/mol. The fourth-order valence-electron chi connectivity index (χ4n) is 1.28. The van der Waals surface area contributed by atoms with Gasteiger partial charge in [0.05, 0.1) is 4.92 Å². The van der Waals surface area contributed by atoms with Gasteiger partial charge >= 0.3 is 5.97 Å². The van der Waals surface area contributed by atoms with E-state index in [1.54, 1.807) is 0 Å². The number of carboxylic acids is 1. The number of nitro benzene ring substituents is 1. The van der Waals surface area contributed by atoms with Crippen molar-refractivity contribution >= 4 is 23.3 Å². The van der Waals surface area contributed by atoms with Gasteiger partial charge in [0, 0.05) is 11.6 Å². The molecule has 0 saturated heterocycles. The minimum atomic E-state index is -1.87. The lowest BCUT2D eigenvalue weighted by Gasteiger charge is -2.11. The summed E-state index contributed by atoms with van der Waals surface area (Å²) < 4.78 is 0. The van der Waals surface area contributed by atoms with Crippen molar-refractivity contribution in [2.24, 2.45) is 0 Å². The summed E-state index contributed by atoms with van der Waals surface area (Å²) in [5.41, 5.74) is -0.198. The molecule has 0 heterocycles. The summed E-state index contributed by atoms with van der Waals surface area (Å²) in [5.74, 6) is -1.51. The second-order valence-corrected chi connectivity index (χ2v) is 3.51. The van der Waals surface area contributed by atoms with Gasteiger partial charge in [-0.15, -0.1) is 0 Å². The van der Waals surface area contributed by atoms with Crippen LogP contribution in [0.1, 0.15) is 17.2 Å². The first-order valence-electron chi connectivity index (χ1n) is 4.20. The van der Waals surface area contributed by atoms with E-state index < -0.39 is 22.7 Å². The van der Waals surface area contributed by atoms with Gasteiger partial charge in [-0.25, -0.2) is 4.79 Å². The average Bonchev–Trinajstić information content (AvgIpc) is 2.16. The van der Waals surface area contributed by atoms with Crippen LogP contribution >= 0.6 is 11.6 Å². The summed E-state index contributed by atoms with van der Waals surface area (Å²) in [5, 5.41) is 28.2. The Morgan fingerprint density at radius 2 is 2.12 bits per heavy atom. The van der Waals surface area contributed by atoms with E-state index in [-0.39, 0.29) is 10.6 Å². The zero-order chi connectivity index (χ0) is 12.5. The lowest BCUT2D eigenvalue weighted by atomic mass is 10.0. The van der Waals surface area contributed by atoms with Crippen LogP contribution in [0.3, 0.4) is 0 Å². The molecule has 0 saturated carbocycles. The molecule has 1 rings (SSSR count). The maximum atomic E-state index is 10.6. The minimum absolute atomic E-state index is 0.150. The third-order valence-corrected chi connectivity index (χ3v) is 2.48. The van der Waals surface area contributed by atoms with E-state index in [2.05, 4.69) is 0 Å². The van der Waals surface area contributed by atoms with Crippen LogP contribution in [0.2, 0.25) is 5.02 Å². The topological polar surface area (TPSA) is 101 Å². The van der Waals surface area contributed by atoms with Crippen LogP contribution in [-0.4, -0.2) is 21.1 Å². The Labute approximate surface area is 95.2 Å². The van der Waals surface area contributed by atoms with Crippen LogP contribution < -0.4 is 0 Å². The van der Waals surface area contributed by atoms with Crippen molar-refractivity contribution in [1.82, 2.24) is 0 Å². The first kappa shape index (κ1) is 12.4. The van der Waals surface area contributed by atoms with Gasteiger partial charge in [0.1, 0.15) is 5.02 Å². The Morgan fingerprint density at radius 3 is 2.56 bits per heavy atom. The van der Waals surface area contributed by atoms with Gasteiger partial charge in [-0.3, -0.25) is 10.1 Å². The summed E-state index contributed by atoms with van der Waals surface area (Å²) in [4.78, 5) is 20.4. The van der Waals surface area contributed by atoms with Crippen molar-refractivity contribution in [3.05, 3.63) is 38.4 Å². The Hall–Kier alpha value is -1.66. The van der Waals surface area contributed by atoms with Crippen molar-refractivity contribution in [3.8, 4) is 0 Å². The number of nitro groups is 1. The monoisotopic (exact) mass is 245 g/mol. The number of hydrogen-bond acceptors (Lipinski definition) is 4. The Bertz CT molecular complexity index is 459. The molecule has 16 heavy (non-hydrogen) atoms. The van der Waals surface area contributed by atoms with Crippen LogP contribution in [0.15, 0.2) is 12.1 Å². The molecule has 0 amide bonds. The van der Waals surface area contributed by atoms with E-state index in [0.717, 1.165) is 6.07 Å². The highest BCUT2D eigenvalue weighted by molar-refractivity contribution is 6.33. The predicted molar refractivity (Wildman–Crippen MR) is 55.4 cm³/mol. The van der Waals surface area contributed by atoms with Crippen LogP contribution in [0.25, 0.3) is 0 Å². The maximum absolute atomic E-state index is 10.6. The summed E-state index contributed by atoms with van der Waals surface area (Å²) >= 11 is 5.68. The van der Waals surface area contributed by atoms with Gasteiger partial charge in [0.15, 0.2) is 6.10 Å². The van der Waals surface area contributed by atoms with Crippen LogP contribution in [-0.2, 0) is 4.79 Å². The summed E-state index contributed by atoms with van der Waals surface area (Å²) in [7, 11) is 0. The molecule has 1 aromatic rings. The number of hydrogen-bond donors (Lipinski definition) is 2. The maximum Gasteiger partial charge on any atom is 0.337 e. The smallest absolute Gasteiger partial charge is 0.337 e. The van der Waals surface area contributed by atoms with Crippen molar-refractivity contribution < 1.29 is 19.9 Å². The highest BCUT2D eigenvalue weighted by Gasteiger charge is 2.26. The zero-order valence-electron chi connectivity index (χ0n) is 8.18. The van der Waals surface area contributed by atoms with Crippen molar-refractivity contribution in [2.45, 2.75) is 13.0 Å². The fourth-order valence-corrected chi connectivity index (χ4v) is 1.66. The molecule has 1 aromatic carbocycles. The quantitative estimate of drug-likeness (QED) is 0.623. The van der Waals surface area contributed by atoms with Crippen molar-refractivity contribution in [2.75, 3.05) is 0 Å². The number of nitrogens with zero attached hydrogens (tertiary/aromatic N) is 1. The third-order valence-electron chi connectivity index (χ3n) is 2.08. The van der Waals surface area contributed by atoms with Crippen LogP contribution in [0, 0.1) is 17.0 Å². The molecule has 0 radical (unpaired) electrons. The Kier molecular flexibility index (Phi) is 3.46. The van der Waals surface area contributed by atoms with E-state index in [4.69, 9.17) is 16.7 Å². The SMILES string of the molecule is Cc1ccc([N+](=O)[O-])c(Cl)c1C(O)C(=O)O. The number of halogens is 1. The zero-order valence-corrected chi connectivity index (χ0v) is 8.93. The van der Waals surface area contributed by atoms with E-state index >= 15 is 0 Å². The average molecular weight is 246 g/mol. The second-order valence-electron chi connectivity index (χ2n) is 3.13.